The first-order valence-electron chi connectivity index (χ1n) is 8.46. The summed E-state index contributed by atoms with van der Waals surface area (Å²) in [4.78, 5) is 8.64. The van der Waals surface area contributed by atoms with Crippen molar-refractivity contribution in [1.29, 1.82) is 0 Å². The van der Waals surface area contributed by atoms with Crippen LogP contribution in [-0.4, -0.2) is 9.97 Å². The Balaban J connectivity index is 1.77. The number of aromatic nitrogens is 2. The van der Waals surface area contributed by atoms with E-state index in [-0.39, 0.29) is 5.95 Å². The Bertz CT molecular complexity index is 1010. The average molecular weight is 432 g/mol. The van der Waals surface area contributed by atoms with Gasteiger partial charge in [0.1, 0.15) is 0 Å². The number of hydrogen-bond donors (Lipinski definition) is 3. The first-order chi connectivity index (χ1) is 13.5. The lowest BCUT2D eigenvalue weighted by atomic mass is 10.0. The molecule has 0 saturated heterocycles. The van der Waals surface area contributed by atoms with E-state index in [1.807, 2.05) is 42.5 Å². The van der Waals surface area contributed by atoms with E-state index in [0.29, 0.717) is 27.9 Å². The summed E-state index contributed by atoms with van der Waals surface area (Å²) in [5, 5.41) is 8.05. The molecule has 2 aromatic carbocycles. The molecule has 0 fully saturated rings. The van der Waals surface area contributed by atoms with Gasteiger partial charge in [-0.05, 0) is 36.1 Å². The van der Waals surface area contributed by atoms with Crippen LogP contribution in [0.3, 0.4) is 0 Å². The Kier molecular flexibility index (Phi) is 6.80. The Morgan fingerprint density at radius 1 is 1.04 bits per heavy atom. The van der Waals surface area contributed by atoms with Crippen molar-refractivity contribution in [3.8, 4) is 11.3 Å². The molecule has 1 heterocycles. The number of aryl methyl sites for hydroxylation is 2. The van der Waals surface area contributed by atoms with Crippen LogP contribution in [0.15, 0.2) is 53.9 Å². The molecule has 8 heteroatoms. The molecule has 6 N–H and O–H groups in total. The highest BCUT2D eigenvalue weighted by Gasteiger charge is 2.11. The van der Waals surface area contributed by atoms with Gasteiger partial charge in [0.2, 0.25) is 5.95 Å². The molecule has 3 aromatic rings. The number of rotatable bonds is 6. The van der Waals surface area contributed by atoms with Gasteiger partial charge in [0, 0.05) is 22.4 Å². The molecule has 1 aromatic heterocycles. The molecule has 0 atom stereocenters. The fraction of sp³-hybridized carbons (Fsp3) is 0.100. The maximum atomic E-state index is 6.31. The lowest BCUT2D eigenvalue weighted by molar-refractivity contribution is 0.906. The van der Waals surface area contributed by atoms with Crippen molar-refractivity contribution in [2.24, 2.45) is 10.9 Å². The SMILES string of the molecule is NS/C=C(\N)c1ccc(CCc2cc(-c3cccc(Cl)c3Cl)nc(N)n2)cc1. The third-order valence-electron chi connectivity index (χ3n) is 4.18. The summed E-state index contributed by atoms with van der Waals surface area (Å²) >= 11 is 13.5. The van der Waals surface area contributed by atoms with E-state index < -0.39 is 0 Å². The van der Waals surface area contributed by atoms with Crippen molar-refractivity contribution in [2.45, 2.75) is 12.8 Å². The molecule has 0 radical (unpaired) electrons. The highest BCUT2D eigenvalue weighted by molar-refractivity contribution is 8.00. The highest BCUT2D eigenvalue weighted by atomic mass is 35.5. The number of anilines is 1. The fourth-order valence-electron chi connectivity index (χ4n) is 2.76. The number of hydrogen-bond acceptors (Lipinski definition) is 6. The summed E-state index contributed by atoms with van der Waals surface area (Å²) in [6, 6.07) is 15.3. The maximum Gasteiger partial charge on any atom is 0.220 e. The van der Waals surface area contributed by atoms with E-state index in [0.717, 1.165) is 40.8 Å². The molecular formula is C20H19Cl2N5S. The molecule has 0 unspecified atom stereocenters. The topological polar surface area (TPSA) is 104 Å². The third kappa shape index (κ3) is 4.97. The molecule has 5 nitrogen and oxygen atoms in total. The van der Waals surface area contributed by atoms with Gasteiger partial charge in [-0.15, -0.1) is 0 Å². The second-order valence-corrected chi connectivity index (χ2v) is 7.40. The van der Waals surface area contributed by atoms with Gasteiger partial charge in [-0.2, -0.15) is 0 Å². The smallest absolute Gasteiger partial charge is 0.220 e. The van der Waals surface area contributed by atoms with E-state index in [4.69, 9.17) is 39.8 Å². The zero-order valence-corrected chi connectivity index (χ0v) is 17.2. The average Bonchev–Trinajstić information content (AvgIpc) is 2.68. The summed E-state index contributed by atoms with van der Waals surface area (Å²) < 4.78 is 0. The fourth-order valence-corrected chi connectivity index (χ4v) is 3.44. The maximum absolute atomic E-state index is 6.31. The van der Waals surface area contributed by atoms with E-state index >= 15 is 0 Å². The number of halogens is 2. The number of nitrogen functional groups attached to an aromatic ring is 1. The van der Waals surface area contributed by atoms with Gasteiger partial charge in [0.25, 0.3) is 0 Å². The van der Waals surface area contributed by atoms with Gasteiger partial charge in [-0.1, -0.05) is 71.5 Å². The molecule has 0 bridgehead atoms. The predicted molar refractivity (Wildman–Crippen MR) is 120 cm³/mol. The second-order valence-electron chi connectivity index (χ2n) is 6.11. The summed E-state index contributed by atoms with van der Waals surface area (Å²) in [5.74, 6) is 0.205. The zero-order chi connectivity index (χ0) is 20.1. The molecule has 3 rings (SSSR count). The standard InChI is InChI=1S/C20H19Cl2N5S/c21-16-3-1-2-15(19(16)22)18-10-14(26-20(24)27-18)9-6-12-4-7-13(8-5-12)17(23)11-28-25/h1-5,7-8,10-11H,6,9,23,25H2,(H2,24,26,27)/b17-11-. The summed E-state index contributed by atoms with van der Waals surface area (Å²) in [6.45, 7) is 0. The molecule has 0 spiro atoms. The van der Waals surface area contributed by atoms with E-state index in [2.05, 4.69) is 9.97 Å². The quantitative estimate of drug-likeness (QED) is 0.489. The molecular weight excluding hydrogens is 413 g/mol. The third-order valence-corrected chi connectivity index (χ3v) is 5.39. The molecule has 144 valence electrons. The largest absolute Gasteiger partial charge is 0.398 e. The Hall–Kier alpha value is -2.25. The van der Waals surface area contributed by atoms with Gasteiger partial charge in [-0.3, -0.25) is 5.14 Å². The van der Waals surface area contributed by atoms with Crippen LogP contribution in [0, 0.1) is 0 Å². The van der Waals surface area contributed by atoms with Crippen molar-refractivity contribution >= 4 is 46.8 Å². The van der Waals surface area contributed by atoms with E-state index in [1.165, 1.54) is 0 Å². The molecule has 0 amide bonds. The van der Waals surface area contributed by atoms with Gasteiger partial charge in [0.15, 0.2) is 0 Å². The monoisotopic (exact) mass is 431 g/mol. The van der Waals surface area contributed by atoms with Crippen LogP contribution in [-0.2, 0) is 12.8 Å². The number of benzene rings is 2. The molecule has 0 aliphatic rings. The molecule has 0 aliphatic carbocycles. The van der Waals surface area contributed by atoms with Crippen LogP contribution in [0.4, 0.5) is 5.95 Å². The van der Waals surface area contributed by atoms with Crippen molar-refractivity contribution in [3.05, 3.63) is 80.8 Å². The minimum atomic E-state index is 0.205. The van der Waals surface area contributed by atoms with Gasteiger partial charge in [-0.25, -0.2) is 9.97 Å². The van der Waals surface area contributed by atoms with Crippen molar-refractivity contribution in [3.63, 3.8) is 0 Å². The lowest BCUT2D eigenvalue weighted by Crippen LogP contribution is -2.03. The molecule has 0 aliphatic heterocycles. The minimum absolute atomic E-state index is 0.205. The Morgan fingerprint density at radius 3 is 2.50 bits per heavy atom. The minimum Gasteiger partial charge on any atom is -0.398 e. The van der Waals surface area contributed by atoms with Crippen molar-refractivity contribution in [1.82, 2.24) is 9.97 Å². The van der Waals surface area contributed by atoms with E-state index in [1.54, 1.807) is 11.5 Å². The van der Waals surface area contributed by atoms with Crippen LogP contribution in [0.25, 0.3) is 17.0 Å². The predicted octanol–water partition coefficient (Wildman–Crippen LogP) is 4.68. The molecule has 28 heavy (non-hydrogen) atoms. The van der Waals surface area contributed by atoms with Crippen LogP contribution in [0.1, 0.15) is 16.8 Å². The van der Waals surface area contributed by atoms with Crippen LogP contribution in [0.2, 0.25) is 10.0 Å². The van der Waals surface area contributed by atoms with Gasteiger partial charge < -0.3 is 11.5 Å². The van der Waals surface area contributed by atoms with E-state index in [9.17, 15) is 0 Å². The summed E-state index contributed by atoms with van der Waals surface area (Å²) in [6.07, 6.45) is 1.51. The van der Waals surface area contributed by atoms with Crippen molar-refractivity contribution < 1.29 is 0 Å². The number of nitrogens with two attached hydrogens (primary N) is 3. The Labute approximate surface area is 178 Å². The van der Waals surface area contributed by atoms with Crippen LogP contribution >= 0.6 is 35.1 Å². The summed E-state index contributed by atoms with van der Waals surface area (Å²) in [7, 11) is 0. The first-order valence-corrected chi connectivity index (χ1v) is 10.2. The number of nitrogens with zero attached hydrogens (tertiary/aromatic N) is 2. The van der Waals surface area contributed by atoms with Gasteiger partial charge in [0.05, 0.1) is 15.7 Å². The van der Waals surface area contributed by atoms with Crippen molar-refractivity contribution in [2.75, 3.05) is 5.73 Å². The Morgan fingerprint density at radius 2 is 1.79 bits per heavy atom. The lowest BCUT2D eigenvalue weighted by Gasteiger charge is -2.09. The normalized spacial score (nSPS) is 11.6. The first kappa shape index (κ1) is 20.5. The highest BCUT2D eigenvalue weighted by Crippen LogP contribution is 2.33. The zero-order valence-electron chi connectivity index (χ0n) is 14.9. The second kappa shape index (κ2) is 9.30. The summed E-state index contributed by atoms with van der Waals surface area (Å²) in [5.41, 5.74) is 16.8. The van der Waals surface area contributed by atoms with Crippen LogP contribution < -0.4 is 16.6 Å². The van der Waals surface area contributed by atoms with Crippen LogP contribution in [0.5, 0.6) is 0 Å². The van der Waals surface area contributed by atoms with Gasteiger partial charge >= 0.3 is 0 Å². The molecule has 0 saturated carbocycles.